The number of aliphatic hydroxyl groups is 1. The van der Waals surface area contributed by atoms with E-state index in [0.29, 0.717) is 29.3 Å². The van der Waals surface area contributed by atoms with Crippen molar-refractivity contribution in [2.24, 2.45) is 0 Å². The van der Waals surface area contributed by atoms with Gasteiger partial charge in [0.25, 0.3) is 5.91 Å². The molecule has 0 fully saturated rings. The van der Waals surface area contributed by atoms with Gasteiger partial charge in [0.2, 0.25) is 6.79 Å². The van der Waals surface area contributed by atoms with Crippen molar-refractivity contribution in [3.8, 4) is 11.5 Å². The molecule has 2 aliphatic heterocycles. The maximum atomic E-state index is 13.3. The van der Waals surface area contributed by atoms with E-state index >= 15 is 0 Å². The van der Waals surface area contributed by atoms with Crippen LogP contribution in [0.4, 0.5) is 5.69 Å². The third-order valence-electron chi connectivity index (χ3n) is 5.71. The Hall–Kier alpha value is -3.90. The van der Waals surface area contributed by atoms with Gasteiger partial charge in [-0.3, -0.25) is 9.59 Å². The molecule has 32 heavy (non-hydrogen) atoms. The van der Waals surface area contributed by atoms with Gasteiger partial charge in [0.15, 0.2) is 22.9 Å². The molecule has 1 unspecified atom stereocenters. The van der Waals surface area contributed by atoms with Crippen LogP contribution in [0.3, 0.4) is 0 Å². The number of hydrogen-bond donors (Lipinski definition) is 1. The number of carbonyl (C=O) groups is 2. The predicted molar refractivity (Wildman–Crippen MR) is 119 cm³/mol. The average Bonchev–Trinajstić information content (AvgIpc) is 3.36. The number of carbonyl (C=O) groups excluding carboxylic acids is 2. The molecule has 2 aliphatic rings. The van der Waals surface area contributed by atoms with Crippen LogP contribution in [-0.2, 0) is 21.7 Å². The molecule has 6 heteroatoms. The molecule has 0 radical (unpaired) electrons. The van der Waals surface area contributed by atoms with Gasteiger partial charge in [-0.2, -0.15) is 0 Å². The van der Waals surface area contributed by atoms with Crippen LogP contribution in [0.5, 0.6) is 11.5 Å². The second kappa shape index (κ2) is 7.98. The van der Waals surface area contributed by atoms with Crippen molar-refractivity contribution < 1.29 is 24.2 Å². The Kier molecular flexibility index (Phi) is 4.99. The van der Waals surface area contributed by atoms with Crippen molar-refractivity contribution in [2.75, 3.05) is 11.7 Å². The molecule has 0 aromatic heterocycles. The van der Waals surface area contributed by atoms with Crippen LogP contribution in [0.2, 0.25) is 0 Å². The lowest BCUT2D eigenvalue weighted by Gasteiger charge is -2.22. The monoisotopic (exact) mass is 427 g/mol. The van der Waals surface area contributed by atoms with E-state index in [0.717, 1.165) is 11.1 Å². The Morgan fingerprint density at radius 1 is 1.00 bits per heavy atom. The molecule has 2 heterocycles. The number of benzene rings is 3. The summed E-state index contributed by atoms with van der Waals surface area (Å²) in [5.41, 5.74) is 0.872. The normalized spacial score (nSPS) is 18.9. The molecular formula is C26H21NO5. The quantitative estimate of drug-likeness (QED) is 0.606. The fraction of sp³-hybridized carbons (Fsp3) is 0.154. The zero-order valence-electron chi connectivity index (χ0n) is 17.2. The number of fused-ring (bicyclic) bond motifs is 2. The van der Waals surface area contributed by atoms with Crippen molar-refractivity contribution in [1.29, 1.82) is 0 Å². The number of rotatable bonds is 6. The molecule has 3 aromatic rings. The highest BCUT2D eigenvalue weighted by atomic mass is 16.7. The van der Waals surface area contributed by atoms with Crippen molar-refractivity contribution in [1.82, 2.24) is 0 Å². The SMILES string of the molecule is O=C(/C=C/c1ccc2c(c1)OCO2)CC1(O)C(=O)N(Cc2ccccc2)c2ccccc21. The first kappa shape index (κ1) is 20.0. The number of nitrogens with zero attached hydrogens (tertiary/aromatic N) is 1. The molecule has 0 saturated heterocycles. The van der Waals surface area contributed by atoms with Gasteiger partial charge in [0.1, 0.15) is 0 Å². The van der Waals surface area contributed by atoms with Gasteiger partial charge in [0, 0.05) is 5.56 Å². The van der Waals surface area contributed by atoms with Crippen LogP contribution >= 0.6 is 0 Å². The predicted octanol–water partition coefficient (Wildman–Crippen LogP) is 3.82. The fourth-order valence-corrected chi connectivity index (χ4v) is 4.12. The third-order valence-corrected chi connectivity index (χ3v) is 5.71. The topological polar surface area (TPSA) is 76.1 Å². The van der Waals surface area contributed by atoms with Crippen LogP contribution in [0.15, 0.2) is 78.9 Å². The number of amides is 1. The zero-order chi connectivity index (χ0) is 22.1. The fourth-order valence-electron chi connectivity index (χ4n) is 4.12. The summed E-state index contributed by atoms with van der Waals surface area (Å²) in [6.45, 7) is 0.496. The molecule has 1 N–H and O–H groups in total. The minimum absolute atomic E-state index is 0.176. The van der Waals surface area contributed by atoms with Gasteiger partial charge in [-0.15, -0.1) is 0 Å². The number of ether oxygens (including phenoxy) is 2. The van der Waals surface area contributed by atoms with Gasteiger partial charge in [-0.1, -0.05) is 60.7 Å². The third kappa shape index (κ3) is 3.55. The molecule has 3 aromatic carbocycles. The number of anilines is 1. The van der Waals surface area contributed by atoms with E-state index in [1.165, 1.54) is 6.08 Å². The minimum Gasteiger partial charge on any atom is -0.454 e. The Morgan fingerprint density at radius 2 is 1.75 bits per heavy atom. The van der Waals surface area contributed by atoms with Gasteiger partial charge >= 0.3 is 0 Å². The van der Waals surface area contributed by atoms with Gasteiger partial charge in [0.05, 0.1) is 18.7 Å². The maximum absolute atomic E-state index is 13.3. The lowest BCUT2D eigenvalue weighted by molar-refractivity contribution is -0.140. The van der Waals surface area contributed by atoms with Crippen LogP contribution in [-0.4, -0.2) is 23.6 Å². The molecule has 0 saturated carbocycles. The highest BCUT2D eigenvalue weighted by Crippen LogP contribution is 2.43. The first-order chi connectivity index (χ1) is 15.5. The molecule has 6 nitrogen and oxygen atoms in total. The standard InChI is InChI=1S/C26H21NO5/c28-20(12-10-18-11-13-23-24(14-18)32-17-31-23)15-26(30)21-8-4-5-9-22(21)27(25(26)29)16-19-6-2-1-3-7-19/h1-14,30H,15-17H2/b12-10+. The van der Waals surface area contributed by atoms with Crippen molar-refractivity contribution in [3.63, 3.8) is 0 Å². The summed E-state index contributed by atoms with van der Waals surface area (Å²) in [4.78, 5) is 27.6. The maximum Gasteiger partial charge on any atom is 0.264 e. The smallest absolute Gasteiger partial charge is 0.264 e. The Labute approximate surface area is 185 Å². The largest absolute Gasteiger partial charge is 0.454 e. The molecule has 1 amide bonds. The summed E-state index contributed by atoms with van der Waals surface area (Å²) >= 11 is 0. The van der Waals surface area contributed by atoms with Crippen LogP contribution < -0.4 is 14.4 Å². The Morgan fingerprint density at radius 3 is 2.59 bits per heavy atom. The summed E-state index contributed by atoms with van der Waals surface area (Å²) in [7, 11) is 0. The van der Waals surface area contributed by atoms with E-state index in [4.69, 9.17) is 9.47 Å². The molecule has 0 spiro atoms. The van der Waals surface area contributed by atoms with Crippen LogP contribution in [0, 0.1) is 0 Å². The zero-order valence-corrected chi connectivity index (χ0v) is 17.2. The summed E-state index contributed by atoms with van der Waals surface area (Å²) < 4.78 is 10.6. The second-order valence-electron chi connectivity index (χ2n) is 7.84. The summed E-state index contributed by atoms with van der Waals surface area (Å²) in [6, 6.07) is 22.0. The summed E-state index contributed by atoms with van der Waals surface area (Å²) in [6.07, 6.45) is 2.68. The lowest BCUT2D eigenvalue weighted by atomic mass is 9.89. The van der Waals surface area contributed by atoms with Gasteiger partial charge in [-0.25, -0.2) is 0 Å². The highest BCUT2D eigenvalue weighted by Gasteiger charge is 2.50. The minimum atomic E-state index is -1.90. The Bertz CT molecular complexity index is 1220. The number of ketones is 1. The molecule has 160 valence electrons. The number of para-hydroxylation sites is 1. The number of hydrogen-bond acceptors (Lipinski definition) is 5. The molecular weight excluding hydrogens is 406 g/mol. The van der Waals surface area contributed by atoms with Crippen LogP contribution in [0.25, 0.3) is 6.08 Å². The van der Waals surface area contributed by atoms with E-state index < -0.39 is 11.5 Å². The van der Waals surface area contributed by atoms with Crippen LogP contribution in [0.1, 0.15) is 23.1 Å². The van der Waals surface area contributed by atoms with E-state index in [9.17, 15) is 14.7 Å². The lowest BCUT2D eigenvalue weighted by Crippen LogP contribution is -2.41. The van der Waals surface area contributed by atoms with Crippen molar-refractivity contribution in [2.45, 2.75) is 18.6 Å². The van der Waals surface area contributed by atoms with Gasteiger partial charge < -0.3 is 19.5 Å². The van der Waals surface area contributed by atoms with E-state index in [1.807, 2.05) is 42.5 Å². The highest BCUT2D eigenvalue weighted by molar-refractivity contribution is 6.10. The summed E-state index contributed by atoms with van der Waals surface area (Å²) in [5, 5.41) is 11.4. The molecule has 0 aliphatic carbocycles. The van der Waals surface area contributed by atoms with Gasteiger partial charge in [-0.05, 0) is 35.4 Å². The van der Waals surface area contributed by atoms with Crippen molar-refractivity contribution >= 4 is 23.5 Å². The first-order valence-corrected chi connectivity index (χ1v) is 10.3. The van der Waals surface area contributed by atoms with E-state index in [1.54, 1.807) is 41.3 Å². The first-order valence-electron chi connectivity index (χ1n) is 10.3. The Balaban J connectivity index is 1.37. The number of allylic oxidation sites excluding steroid dienone is 1. The molecule has 1 atom stereocenters. The van der Waals surface area contributed by atoms with Crippen molar-refractivity contribution in [3.05, 3.63) is 95.6 Å². The summed E-state index contributed by atoms with van der Waals surface area (Å²) in [5.74, 6) is 0.436. The molecule has 5 rings (SSSR count). The molecule has 0 bridgehead atoms. The van der Waals surface area contributed by atoms with E-state index in [2.05, 4.69) is 0 Å². The second-order valence-corrected chi connectivity index (χ2v) is 7.84. The van der Waals surface area contributed by atoms with E-state index in [-0.39, 0.29) is 19.0 Å². The average molecular weight is 427 g/mol.